The molecule has 5 nitrogen and oxygen atoms in total. The Morgan fingerprint density at radius 3 is 2.56 bits per heavy atom. The highest BCUT2D eigenvalue weighted by atomic mass is 16.7. The number of hydrogen-bond donors (Lipinski definition) is 0. The second-order valence-electron chi connectivity index (χ2n) is 7.85. The summed E-state index contributed by atoms with van der Waals surface area (Å²) in [5, 5.41) is 0. The van der Waals surface area contributed by atoms with E-state index in [-0.39, 0.29) is 30.4 Å². The summed E-state index contributed by atoms with van der Waals surface area (Å²) in [6, 6.07) is 6.11. The van der Waals surface area contributed by atoms with Crippen molar-refractivity contribution < 1.29 is 23.6 Å². The quantitative estimate of drug-likeness (QED) is 0.620. The normalized spacial score (nSPS) is 23.7. The SMILES string of the molecule is COC(=O)CC[C@H]1CCc2cc(B3OC(C)(C)C(C)(C)O3)ccc2O1. The first-order chi connectivity index (χ1) is 11.7. The topological polar surface area (TPSA) is 54.0 Å². The molecule has 0 N–H and O–H groups in total. The van der Waals surface area contributed by atoms with E-state index in [1.807, 2.05) is 12.1 Å². The van der Waals surface area contributed by atoms with Crippen LogP contribution in [0.1, 0.15) is 52.5 Å². The second kappa shape index (κ2) is 6.65. The van der Waals surface area contributed by atoms with E-state index in [1.165, 1.54) is 12.7 Å². The molecule has 1 atom stereocenters. The van der Waals surface area contributed by atoms with Crippen LogP contribution in [0, 0.1) is 0 Å². The zero-order chi connectivity index (χ0) is 18.2. The summed E-state index contributed by atoms with van der Waals surface area (Å²) >= 11 is 0. The van der Waals surface area contributed by atoms with Crippen LogP contribution < -0.4 is 10.2 Å². The average Bonchev–Trinajstić information content (AvgIpc) is 2.79. The number of rotatable bonds is 4. The molecule has 2 aliphatic heterocycles. The standard InChI is InChI=1S/C19H27BO5/c1-18(2)19(3,4)25-20(24-18)14-7-10-16-13(12-14)6-8-15(23-16)9-11-17(21)22-5/h7,10,12,15H,6,8-9,11H2,1-5H3/t15-/m1/s1. The lowest BCUT2D eigenvalue weighted by molar-refractivity contribution is -0.141. The highest BCUT2D eigenvalue weighted by Crippen LogP contribution is 2.37. The maximum atomic E-state index is 11.3. The van der Waals surface area contributed by atoms with Crippen molar-refractivity contribution in [1.29, 1.82) is 0 Å². The van der Waals surface area contributed by atoms with Gasteiger partial charge in [0.05, 0.1) is 24.4 Å². The van der Waals surface area contributed by atoms with Gasteiger partial charge in [0, 0.05) is 6.42 Å². The molecule has 2 aliphatic rings. The van der Waals surface area contributed by atoms with Crippen LogP contribution in [0.3, 0.4) is 0 Å². The van der Waals surface area contributed by atoms with E-state index in [0.717, 1.165) is 24.1 Å². The van der Waals surface area contributed by atoms with E-state index in [1.54, 1.807) is 0 Å². The van der Waals surface area contributed by atoms with Crippen LogP contribution in [0.4, 0.5) is 0 Å². The second-order valence-corrected chi connectivity index (χ2v) is 7.85. The predicted molar refractivity (Wildman–Crippen MR) is 96.1 cm³/mol. The van der Waals surface area contributed by atoms with E-state index in [0.29, 0.717) is 12.8 Å². The third-order valence-electron chi connectivity index (χ3n) is 5.54. The highest BCUT2D eigenvalue weighted by Gasteiger charge is 2.51. The minimum absolute atomic E-state index is 0.0642. The first-order valence-electron chi connectivity index (χ1n) is 8.94. The maximum absolute atomic E-state index is 11.3. The molecule has 1 aromatic carbocycles. The Kier molecular flexibility index (Phi) is 4.86. The molecule has 0 radical (unpaired) electrons. The summed E-state index contributed by atoms with van der Waals surface area (Å²) < 4.78 is 23.0. The van der Waals surface area contributed by atoms with Gasteiger partial charge in [-0.15, -0.1) is 0 Å². The molecule has 1 saturated heterocycles. The first kappa shape index (κ1) is 18.3. The fourth-order valence-electron chi connectivity index (χ4n) is 3.17. The fourth-order valence-corrected chi connectivity index (χ4v) is 3.17. The van der Waals surface area contributed by atoms with Crippen LogP contribution in [0.5, 0.6) is 5.75 Å². The van der Waals surface area contributed by atoms with Crippen molar-refractivity contribution in [3.05, 3.63) is 23.8 Å². The van der Waals surface area contributed by atoms with Crippen LogP contribution in [-0.4, -0.2) is 37.5 Å². The third-order valence-corrected chi connectivity index (χ3v) is 5.54. The number of fused-ring (bicyclic) bond motifs is 1. The van der Waals surface area contributed by atoms with Gasteiger partial charge in [0.1, 0.15) is 5.75 Å². The van der Waals surface area contributed by atoms with E-state index in [9.17, 15) is 4.79 Å². The molecule has 1 aromatic rings. The molecular formula is C19H27BO5. The maximum Gasteiger partial charge on any atom is 0.494 e. The summed E-state index contributed by atoms with van der Waals surface area (Å²) in [6.45, 7) is 8.22. The Morgan fingerprint density at radius 2 is 1.92 bits per heavy atom. The van der Waals surface area contributed by atoms with Gasteiger partial charge in [-0.3, -0.25) is 4.79 Å². The lowest BCUT2D eigenvalue weighted by atomic mass is 9.77. The summed E-state index contributed by atoms with van der Waals surface area (Å²) in [5.41, 5.74) is 1.50. The number of hydrogen-bond acceptors (Lipinski definition) is 5. The molecule has 1 fully saturated rings. The summed E-state index contributed by atoms with van der Waals surface area (Å²) in [7, 11) is 1.06. The number of carbonyl (C=O) groups is 1. The lowest BCUT2D eigenvalue weighted by Crippen LogP contribution is -2.41. The van der Waals surface area contributed by atoms with Gasteiger partial charge >= 0.3 is 13.1 Å². The third kappa shape index (κ3) is 3.70. The van der Waals surface area contributed by atoms with Crippen molar-refractivity contribution in [2.75, 3.05) is 7.11 Å². The Hall–Kier alpha value is -1.53. The number of ether oxygens (including phenoxy) is 2. The highest BCUT2D eigenvalue weighted by molar-refractivity contribution is 6.62. The monoisotopic (exact) mass is 346 g/mol. The smallest absolute Gasteiger partial charge is 0.490 e. The van der Waals surface area contributed by atoms with Crippen molar-refractivity contribution in [3.8, 4) is 5.75 Å². The molecule has 0 bridgehead atoms. The van der Waals surface area contributed by atoms with Crippen LogP contribution in [-0.2, 0) is 25.3 Å². The van der Waals surface area contributed by atoms with E-state index in [4.69, 9.17) is 18.8 Å². The number of carbonyl (C=O) groups excluding carboxylic acids is 1. The minimum atomic E-state index is -0.354. The molecule has 136 valence electrons. The van der Waals surface area contributed by atoms with Crippen LogP contribution in [0.25, 0.3) is 0 Å². The summed E-state index contributed by atoms with van der Waals surface area (Å²) in [6.07, 6.45) is 2.97. The van der Waals surface area contributed by atoms with Gasteiger partial charge in [-0.25, -0.2) is 0 Å². The molecule has 25 heavy (non-hydrogen) atoms. The molecule has 2 heterocycles. The van der Waals surface area contributed by atoms with Gasteiger partial charge in [-0.1, -0.05) is 12.1 Å². The van der Waals surface area contributed by atoms with Crippen LogP contribution in [0.2, 0.25) is 0 Å². The Morgan fingerprint density at radius 1 is 1.24 bits per heavy atom. The molecule has 0 aromatic heterocycles. The zero-order valence-electron chi connectivity index (χ0n) is 15.8. The van der Waals surface area contributed by atoms with Crippen molar-refractivity contribution in [2.24, 2.45) is 0 Å². The van der Waals surface area contributed by atoms with Gasteiger partial charge in [-0.2, -0.15) is 0 Å². The molecule has 0 aliphatic carbocycles. The van der Waals surface area contributed by atoms with Crippen molar-refractivity contribution in [1.82, 2.24) is 0 Å². The van der Waals surface area contributed by atoms with Crippen LogP contribution >= 0.6 is 0 Å². The molecular weight excluding hydrogens is 319 g/mol. The molecule has 0 spiro atoms. The number of aryl methyl sites for hydroxylation is 1. The fraction of sp³-hybridized carbons (Fsp3) is 0.632. The molecule has 0 amide bonds. The Balaban J connectivity index is 1.68. The molecule has 6 heteroatoms. The van der Waals surface area contributed by atoms with Gasteiger partial charge in [0.15, 0.2) is 0 Å². The first-order valence-corrected chi connectivity index (χ1v) is 8.94. The average molecular weight is 346 g/mol. The van der Waals surface area contributed by atoms with E-state index < -0.39 is 0 Å². The van der Waals surface area contributed by atoms with Gasteiger partial charge in [0.25, 0.3) is 0 Å². The summed E-state index contributed by atoms with van der Waals surface area (Å²) in [5.74, 6) is 0.701. The predicted octanol–water partition coefficient (Wildman–Crippen LogP) is 2.63. The lowest BCUT2D eigenvalue weighted by Gasteiger charge is -2.32. The molecule has 3 rings (SSSR count). The minimum Gasteiger partial charge on any atom is -0.490 e. The van der Waals surface area contributed by atoms with Gasteiger partial charge in [-0.05, 0) is 64.1 Å². The van der Waals surface area contributed by atoms with Crippen molar-refractivity contribution in [3.63, 3.8) is 0 Å². The molecule has 0 saturated carbocycles. The Labute approximate surface area is 150 Å². The molecule has 0 unspecified atom stereocenters. The van der Waals surface area contributed by atoms with Crippen molar-refractivity contribution >= 4 is 18.6 Å². The largest absolute Gasteiger partial charge is 0.494 e. The summed E-state index contributed by atoms with van der Waals surface area (Å²) in [4.78, 5) is 11.3. The Bertz CT molecular complexity index is 639. The van der Waals surface area contributed by atoms with Crippen molar-refractivity contribution in [2.45, 2.75) is 70.7 Å². The number of methoxy groups -OCH3 is 1. The zero-order valence-corrected chi connectivity index (χ0v) is 15.8. The van der Waals surface area contributed by atoms with Crippen LogP contribution in [0.15, 0.2) is 18.2 Å². The van der Waals surface area contributed by atoms with E-state index in [2.05, 4.69) is 33.8 Å². The van der Waals surface area contributed by atoms with Gasteiger partial charge < -0.3 is 18.8 Å². The van der Waals surface area contributed by atoms with E-state index >= 15 is 0 Å². The number of benzene rings is 1. The van der Waals surface area contributed by atoms with Gasteiger partial charge in [0.2, 0.25) is 0 Å². The number of esters is 1.